The number of likely N-dealkylation sites (tertiary alicyclic amines) is 1. The predicted octanol–water partition coefficient (Wildman–Crippen LogP) is 2.47. The molecule has 1 amide bonds. The number of rotatable bonds is 6. The van der Waals surface area contributed by atoms with Crippen molar-refractivity contribution in [2.75, 3.05) is 57.3 Å². The lowest BCUT2D eigenvalue weighted by Gasteiger charge is -2.37. The lowest BCUT2D eigenvalue weighted by molar-refractivity contribution is -0.127. The van der Waals surface area contributed by atoms with Gasteiger partial charge in [-0.15, -0.1) is 35.3 Å². The number of amides is 1. The Bertz CT molecular complexity index is 572. The third kappa shape index (κ3) is 5.73. The van der Waals surface area contributed by atoms with Crippen LogP contribution in [0.1, 0.15) is 26.2 Å². The van der Waals surface area contributed by atoms with Gasteiger partial charge in [0.1, 0.15) is 0 Å². The van der Waals surface area contributed by atoms with Crippen LogP contribution >= 0.6 is 35.3 Å². The minimum Gasteiger partial charge on any atom is -0.360 e. The summed E-state index contributed by atoms with van der Waals surface area (Å²) in [6.45, 7) is 9.59. The van der Waals surface area contributed by atoms with Gasteiger partial charge >= 0.3 is 0 Å². The summed E-state index contributed by atoms with van der Waals surface area (Å²) < 4.78 is 0. The highest BCUT2D eigenvalue weighted by Crippen LogP contribution is 2.22. The third-order valence-electron chi connectivity index (χ3n) is 4.75. The molecule has 2 saturated heterocycles. The van der Waals surface area contributed by atoms with Crippen LogP contribution in [0.2, 0.25) is 0 Å². The second kappa shape index (κ2) is 11.0. The molecule has 6 nitrogen and oxygen atoms in total. The predicted molar refractivity (Wildman–Crippen MR) is 120 cm³/mol. The van der Waals surface area contributed by atoms with Gasteiger partial charge in [0.15, 0.2) is 5.96 Å². The van der Waals surface area contributed by atoms with E-state index in [-0.39, 0.29) is 24.0 Å². The van der Waals surface area contributed by atoms with Crippen molar-refractivity contribution < 1.29 is 4.79 Å². The van der Waals surface area contributed by atoms with Gasteiger partial charge in [-0.3, -0.25) is 9.79 Å². The molecule has 0 unspecified atom stereocenters. The van der Waals surface area contributed by atoms with Crippen molar-refractivity contribution >= 4 is 52.2 Å². The molecule has 2 fully saturated rings. The van der Waals surface area contributed by atoms with Gasteiger partial charge in [-0.2, -0.15) is 0 Å². The first kappa shape index (κ1) is 21.3. The number of guanidine groups is 1. The molecule has 0 radical (unpaired) electrons. The average molecular weight is 491 g/mol. The monoisotopic (exact) mass is 491 g/mol. The summed E-state index contributed by atoms with van der Waals surface area (Å²) in [6, 6.07) is 4.31. The first-order chi connectivity index (χ1) is 12.3. The molecule has 1 N–H and O–H groups in total. The van der Waals surface area contributed by atoms with Crippen LogP contribution < -0.4 is 10.2 Å². The van der Waals surface area contributed by atoms with Crippen molar-refractivity contribution in [3.63, 3.8) is 0 Å². The summed E-state index contributed by atoms with van der Waals surface area (Å²) in [5, 5.41) is 6.91. The van der Waals surface area contributed by atoms with Crippen molar-refractivity contribution in [1.29, 1.82) is 0 Å². The zero-order valence-electron chi connectivity index (χ0n) is 15.5. The summed E-state index contributed by atoms with van der Waals surface area (Å²) in [6.07, 6.45) is 2.68. The van der Waals surface area contributed by atoms with E-state index in [0.29, 0.717) is 5.91 Å². The van der Waals surface area contributed by atoms with Gasteiger partial charge in [0.25, 0.3) is 0 Å². The number of nitrogens with zero attached hydrogens (tertiary/aromatic N) is 4. The van der Waals surface area contributed by atoms with E-state index in [2.05, 4.69) is 39.6 Å². The molecule has 146 valence electrons. The summed E-state index contributed by atoms with van der Waals surface area (Å²) in [5.41, 5.74) is 0. The van der Waals surface area contributed by atoms with E-state index in [9.17, 15) is 4.79 Å². The van der Waals surface area contributed by atoms with Crippen molar-refractivity contribution in [1.82, 2.24) is 15.1 Å². The molecular formula is C18H30IN5OS. The number of hydrogen-bond acceptors (Lipinski definition) is 4. The second-order valence-electron chi connectivity index (χ2n) is 6.50. The lowest BCUT2D eigenvalue weighted by atomic mass is 10.3. The molecule has 3 heterocycles. The van der Waals surface area contributed by atoms with Gasteiger partial charge < -0.3 is 20.0 Å². The van der Waals surface area contributed by atoms with Crippen LogP contribution in [0.4, 0.5) is 5.00 Å². The number of anilines is 1. The molecule has 1 aromatic heterocycles. The molecule has 1 aromatic rings. The average Bonchev–Trinajstić information content (AvgIpc) is 3.30. The van der Waals surface area contributed by atoms with Crippen molar-refractivity contribution in [3.05, 3.63) is 17.5 Å². The number of aliphatic imine (C=N–C) groups is 1. The van der Waals surface area contributed by atoms with Crippen molar-refractivity contribution in [2.45, 2.75) is 26.2 Å². The fourth-order valence-corrected chi connectivity index (χ4v) is 4.19. The third-order valence-corrected chi connectivity index (χ3v) is 5.68. The van der Waals surface area contributed by atoms with E-state index >= 15 is 0 Å². The molecule has 0 bridgehead atoms. The molecule has 2 aliphatic heterocycles. The van der Waals surface area contributed by atoms with Crippen molar-refractivity contribution in [3.8, 4) is 0 Å². The van der Waals surface area contributed by atoms with Gasteiger partial charge in [0.05, 0.1) is 5.00 Å². The van der Waals surface area contributed by atoms with E-state index in [1.54, 1.807) is 0 Å². The van der Waals surface area contributed by atoms with Gasteiger partial charge in [0, 0.05) is 58.8 Å². The molecule has 0 atom stereocenters. The molecule has 2 aliphatic rings. The fourth-order valence-electron chi connectivity index (χ4n) is 3.40. The summed E-state index contributed by atoms with van der Waals surface area (Å²) >= 11 is 1.81. The maximum absolute atomic E-state index is 11.6. The van der Waals surface area contributed by atoms with Crippen LogP contribution in [-0.4, -0.2) is 74.0 Å². The molecule has 0 aromatic carbocycles. The first-order valence-electron chi connectivity index (χ1n) is 9.37. The lowest BCUT2D eigenvalue weighted by Crippen LogP contribution is -2.52. The van der Waals surface area contributed by atoms with Crippen LogP contribution in [0.5, 0.6) is 0 Å². The standard InChI is InChI=1S/C18H29N5OS.HI/c1-2-19-18(20-8-5-10-21-9-3-6-16(21)24)23-13-11-22(12-14-23)17-7-4-15-25-17;/h4,7,15H,2-3,5-6,8-14H2,1H3,(H,19,20);1H. The fraction of sp³-hybridized carbons (Fsp3) is 0.667. The Hall–Kier alpha value is -1.03. The minimum atomic E-state index is 0. The molecule has 0 aliphatic carbocycles. The zero-order valence-corrected chi connectivity index (χ0v) is 18.7. The Morgan fingerprint density at radius 3 is 2.69 bits per heavy atom. The van der Waals surface area contributed by atoms with Crippen LogP contribution in [0.3, 0.4) is 0 Å². The van der Waals surface area contributed by atoms with Gasteiger partial charge in [-0.1, -0.05) is 0 Å². The normalized spacial score (nSPS) is 18.3. The van der Waals surface area contributed by atoms with Crippen LogP contribution in [0.15, 0.2) is 22.5 Å². The van der Waals surface area contributed by atoms with E-state index < -0.39 is 0 Å². The van der Waals surface area contributed by atoms with Crippen molar-refractivity contribution in [2.24, 2.45) is 4.99 Å². The number of nitrogens with one attached hydrogen (secondary N) is 1. The smallest absolute Gasteiger partial charge is 0.222 e. The van der Waals surface area contributed by atoms with Crippen LogP contribution in [-0.2, 0) is 4.79 Å². The SMILES string of the molecule is CCNC(=NCCCN1CCCC1=O)N1CCN(c2cccs2)CC1.I. The highest BCUT2D eigenvalue weighted by Gasteiger charge is 2.21. The topological polar surface area (TPSA) is 51.2 Å². The number of carbonyl (C=O) groups excluding carboxylic acids is 1. The van der Waals surface area contributed by atoms with E-state index in [1.807, 2.05) is 16.2 Å². The van der Waals surface area contributed by atoms with E-state index in [1.165, 1.54) is 5.00 Å². The molecule has 3 rings (SSSR count). The summed E-state index contributed by atoms with van der Waals surface area (Å²) in [4.78, 5) is 23.2. The highest BCUT2D eigenvalue weighted by molar-refractivity contribution is 14.0. The Balaban J connectivity index is 0.00000243. The zero-order chi connectivity index (χ0) is 17.5. The van der Waals surface area contributed by atoms with Gasteiger partial charge in [0.2, 0.25) is 5.91 Å². The molecular weight excluding hydrogens is 461 g/mol. The Kier molecular flexibility index (Phi) is 8.97. The maximum atomic E-state index is 11.6. The quantitative estimate of drug-likeness (QED) is 0.288. The second-order valence-corrected chi connectivity index (χ2v) is 7.43. The Labute approximate surface area is 177 Å². The first-order valence-corrected chi connectivity index (χ1v) is 10.3. The Morgan fingerprint density at radius 1 is 1.27 bits per heavy atom. The van der Waals surface area contributed by atoms with Gasteiger partial charge in [-0.05, 0) is 37.3 Å². The number of carbonyl (C=O) groups is 1. The number of piperazine rings is 1. The minimum absolute atomic E-state index is 0. The Morgan fingerprint density at radius 2 is 2.08 bits per heavy atom. The summed E-state index contributed by atoms with van der Waals surface area (Å²) in [5.74, 6) is 1.32. The van der Waals surface area contributed by atoms with Crippen LogP contribution in [0.25, 0.3) is 0 Å². The van der Waals surface area contributed by atoms with E-state index in [4.69, 9.17) is 4.99 Å². The highest BCUT2D eigenvalue weighted by atomic mass is 127. The summed E-state index contributed by atoms with van der Waals surface area (Å²) in [7, 11) is 0. The van der Waals surface area contributed by atoms with Gasteiger partial charge in [-0.25, -0.2) is 0 Å². The van der Waals surface area contributed by atoms with E-state index in [0.717, 1.165) is 77.6 Å². The number of thiophene rings is 1. The molecule has 0 saturated carbocycles. The molecule has 8 heteroatoms. The molecule has 26 heavy (non-hydrogen) atoms. The number of hydrogen-bond donors (Lipinski definition) is 1. The number of halogens is 1. The molecule has 0 spiro atoms. The largest absolute Gasteiger partial charge is 0.360 e. The maximum Gasteiger partial charge on any atom is 0.222 e. The van der Waals surface area contributed by atoms with Crippen LogP contribution in [0, 0.1) is 0 Å².